The van der Waals surface area contributed by atoms with Crippen LogP contribution in [-0.2, 0) is 0 Å². The third kappa shape index (κ3) is 4.71. The summed E-state index contributed by atoms with van der Waals surface area (Å²) in [5.74, 6) is 5.28. The van der Waals surface area contributed by atoms with Gasteiger partial charge >= 0.3 is 0 Å². The predicted molar refractivity (Wildman–Crippen MR) is 119 cm³/mol. The van der Waals surface area contributed by atoms with Gasteiger partial charge in [0.25, 0.3) is 0 Å². The van der Waals surface area contributed by atoms with Gasteiger partial charge in [-0.15, -0.1) is 0 Å². The lowest BCUT2D eigenvalue weighted by Crippen LogP contribution is -2.34. The molecule has 0 unspecified atom stereocenters. The molecule has 4 rings (SSSR count). The van der Waals surface area contributed by atoms with E-state index < -0.39 is 11.4 Å². The van der Waals surface area contributed by atoms with Gasteiger partial charge in [-0.05, 0) is 63.2 Å². The SMILES string of the molecule is CC(C)(O)C#Cc1cc2c(cn1)c(C1CCN(CCF)CC1)cn2-c1nc(N)ncc1F. The zero-order chi connectivity index (χ0) is 22.9. The van der Waals surface area contributed by atoms with Crippen molar-refractivity contribution in [2.45, 2.75) is 38.2 Å². The molecule has 1 aliphatic rings. The first kappa shape index (κ1) is 22.1. The van der Waals surface area contributed by atoms with Crippen LogP contribution in [0.3, 0.4) is 0 Å². The average Bonchev–Trinajstić information content (AvgIpc) is 3.13. The number of likely N-dealkylation sites (tertiary alicyclic amines) is 1. The normalized spacial score (nSPS) is 15.7. The van der Waals surface area contributed by atoms with Crippen LogP contribution in [0.1, 0.15) is 43.9 Å². The number of hydrogen-bond acceptors (Lipinski definition) is 6. The number of nitrogens with zero attached hydrogens (tertiary/aromatic N) is 5. The predicted octanol–water partition coefficient (Wildman–Crippen LogP) is 2.81. The molecule has 0 bridgehead atoms. The summed E-state index contributed by atoms with van der Waals surface area (Å²) in [5.41, 5.74) is 6.74. The molecule has 0 amide bonds. The van der Waals surface area contributed by atoms with Gasteiger partial charge in [0.1, 0.15) is 18.0 Å². The van der Waals surface area contributed by atoms with Crippen molar-refractivity contribution in [1.29, 1.82) is 0 Å². The Labute approximate surface area is 185 Å². The number of pyridine rings is 1. The molecule has 32 heavy (non-hydrogen) atoms. The third-order valence-corrected chi connectivity index (χ3v) is 5.62. The minimum absolute atomic E-state index is 0.0274. The van der Waals surface area contributed by atoms with E-state index in [0.717, 1.165) is 43.1 Å². The van der Waals surface area contributed by atoms with E-state index in [1.54, 1.807) is 30.7 Å². The van der Waals surface area contributed by atoms with Crippen LogP contribution in [0.25, 0.3) is 16.7 Å². The lowest BCUT2D eigenvalue weighted by atomic mass is 9.89. The summed E-state index contributed by atoms with van der Waals surface area (Å²) in [6, 6.07) is 1.76. The number of alkyl halides is 1. The van der Waals surface area contributed by atoms with Gasteiger partial charge in [-0.3, -0.25) is 4.57 Å². The highest BCUT2D eigenvalue weighted by Crippen LogP contribution is 2.35. The quantitative estimate of drug-likeness (QED) is 0.606. The Morgan fingerprint density at radius 2 is 2.00 bits per heavy atom. The lowest BCUT2D eigenvalue weighted by molar-refractivity contribution is 0.143. The van der Waals surface area contributed by atoms with Gasteiger partial charge in [0.05, 0.1) is 11.7 Å². The Morgan fingerprint density at radius 3 is 2.69 bits per heavy atom. The second-order valence-electron chi connectivity index (χ2n) is 8.55. The number of rotatable bonds is 4. The second-order valence-corrected chi connectivity index (χ2v) is 8.55. The van der Waals surface area contributed by atoms with Crippen LogP contribution in [0.2, 0.25) is 0 Å². The molecular formula is C23H26F2N6O. The van der Waals surface area contributed by atoms with Crippen LogP contribution >= 0.6 is 0 Å². The molecule has 7 nitrogen and oxygen atoms in total. The molecule has 0 aromatic carbocycles. The zero-order valence-corrected chi connectivity index (χ0v) is 18.1. The van der Waals surface area contributed by atoms with Gasteiger partial charge < -0.3 is 15.7 Å². The van der Waals surface area contributed by atoms with Gasteiger partial charge in [-0.2, -0.15) is 4.98 Å². The van der Waals surface area contributed by atoms with Crippen LogP contribution in [0.5, 0.6) is 0 Å². The Kier molecular flexibility index (Phi) is 6.09. The summed E-state index contributed by atoms with van der Waals surface area (Å²) >= 11 is 0. The summed E-state index contributed by atoms with van der Waals surface area (Å²) in [7, 11) is 0. The van der Waals surface area contributed by atoms with Crippen molar-refractivity contribution >= 4 is 16.9 Å². The minimum atomic E-state index is -1.16. The van der Waals surface area contributed by atoms with E-state index in [1.165, 1.54) is 0 Å². The first-order valence-corrected chi connectivity index (χ1v) is 10.6. The van der Waals surface area contributed by atoms with Gasteiger partial charge in [0, 0.05) is 24.3 Å². The van der Waals surface area contributed by atoms with Crippen molar-refractivity contribution in [3.05, 3.63) is 41.7 Å². The van der Waals surface area contributed by atoms with E-state index in [0.29, 0.717) is 17.8 Å². The van der Waals surface area contributed by atoms with Crippen LogP contribution in [-0.4, -0.2) is 61.4 Å². The monoisotopic (exact) mass is 440 g/mol. The molecule has 3 aromatic rings. The van der Waals surface area contributed by atoms with Crippen molar-refractivity contribution in [3.8, 4) is 17.7 Å². The summed E-state index contributed by atoms with van der Waals surface area (Å²) < 4.78 is 29.0. The standard InChI is InChI=1S/C23H26F2N6O/c1-23(2,32)6-3-16-11-20-17(12-27-16)18(15-4-8-30(9-5-15)10-7-24)14-31(20)21-19(25)13-28-22(26)29-21/h11-15,32H,4-5,7-10H2,1-2H3,(H2,26,28,29). The molecule has 0 saturated carbocycles. The maximum Gasteiger partial charge on any atom is 0.222 e. The molecule has 0 spiro atoms. The minimum Gasteiger partial charge on any atom is -0.378 e. The van der Waals surface area contributed by atoms with Crippen molar-refractivity contribution in [2.24, 2.45) is 0 Å². The maximum atomic E-state index is 14.7. The summed E-state index contributed by atoms with van der Waals surface area (Å²) in [6.45, 7) is 4.89. The molecular weight excluding hydrogens is 414 g/mol. The molecule has 1 fully saturated rings. The van der Waals surface area contributed by atoms with Gasteiger partial charge in [0.2, 0.25) is 5.95 Å². The summed E-state index contributed by atoms with van der Waals surface area (Å²) in [4.78, 5) is 14.4. The highest BCUT2D eigenvalue weighted by molar-refractivity contribution is 5.86. The fourth-order valence-corrected chi connectivity index (χ4v) is 4.06. The maximum absolute atomic E-state index is 14.7. The Morgan fingerprint density at radius 1 is 1.25 bits per heavy atom. The number of anilines is 1. The highest BCUT2D eigenvalue weighted by atomic mass is 19.1. The van der Waals surface area contributed by atoms with Crippen LogP contribution in [0.4, 0.5) is 14.7 Å². The van der Waals surface area contributed by atoms with E-state index in [2.05, 4.69) is 31.7 Å². The zero-order valence-electron chi connectivity index (χ0n) is 18.1. The molecule has 1 aliphatic heterocycles. The van der Waals surface area contributed by atoms with E-state index in [-0.39, 0.29) is 24.4 Å². The van der Waals surface area contributed by atoms with Gasteiger partial charge in [0.15, 0.2) is 11.6 Å². The van der Waals surface area contributed by atoms with Crippen molar-refractivity contribution in [3.63, 3.8) is 0 Å². The molecule has 3 aromatic heterocycles. The van der Waals surface area contributed by atoms with Crippen LogP contribution < -0.4 is 5.73 Å². The van der Waals surface area contributed by atoms with E-state index in [9.17, 15) is 13.9 Å². The lowest BCUT2D eigenvalue weighted by Gasteiger charge is -2.31. The highest BCUT2D eigenvalue weighted by Gasteiger charge is 2.25. The first-order chi connectivity index (χ1) is 15.2. The number of aliphatic hydroxyl groups is 1. The largest absolute Gasteiger partial charge is 0.378 e. The van der Waals surface area contributed by atoms with Gasteiger partial charge in [-0.25, -0.2) is 18.7 Å². The van der Waals surface area contributed by atoms with Crippen molar-refractivity contribution in [2.75, 3.05) is 32.0 Å². The molecule has 9 heteroatoms. The van der Waals surface area contributed by atoms with E-state index in [4.69, 9.17) is 5.73 Å². The first-order valence-electron chi connectivity index (χ1n) is 10.6. The second kappa shape index (κ2) is 8.81. The number of aromatic nitrogens is 4. The number of nitrogens with two attached hydrogens (primary N) is 1. The number of halogens is 2. The Bertz CT molecular complexity index is 1180. The summed E-state index contributed by atoms with van der Waals surface area (Å²) in [5, 5.41) is 10.8. The van der Waals surface area contributed by atoms with Crippen molar-refractivity contribution in [1.82, 2.24) is 24.4 Å². The fraction of sp³-hybridized carbons (Fsp3) is 0.435. The molecule has 0 radical (unpaired) electrons. The molecule has 0 aliphatic carbocycles. The number of piperidine rings is 1. The van der Waals surface area contributed by atoms with E-state index >= 15 is 0 Å². The number of nitrogen functional groups attached to an aromatic ring is 1. The number of hydrogen-bond donors (Lipinski definition) is 2. The summed E-state index contributed by atoms with van der Waals surface area (Å²) in [6.07, 6.45) is 6.39. The fourth-order valence-electron chi connectivity index (χ4n) is 4.06. The average molecular weight is 440 g/mol. The van der Waals surface area contributed by atoms with Crippen LogP contribution in [0, 0.1) is 17.7 Å². The molecule has 1 saturated heterocycles. The third-order valence-electron chi connectivity index (χ3n) is 5.62. The molecule has 0 atom stereocenters. The smallest absolute Gasteiger partial charge is 0.222 e. The topological polar surface area (TPSA) is 93.1 Å². The van der Waals surface area contributed by atoms with E-state index in [1.807, 2.05) is 6.20 Å². The number of fused-ring (bicyclic) bond motifs is 1. The molecule has 168 valence electrons. The van der Waals surface area contributed by atoms with Crippen molar-refractivity contribution < 1.29 is 13.9 Å². The van der Waals surface area contributed by atoms with Gasteiger partial charge in [-0.1, -0.05) is 5.92 Å². The molecule has 3 N–H and O–H groups in total. The Balaban J connectivity index is 1.81. The Hall–Kier alpha value is -3.09. The van der Waals surface area contributed by atoms with Crippen LogP contribution in [0.15, 0.2) is 24.7 Å². The molecule has 4 heterocycles.